The van der Waals surface area contributed by atoms with Crippen LogP contribution in [0.25, 0.3) is 10.6 Å². The zero-order valence-corrected chi connectivity index (χ0v) is 11.4. The molecule has 0 aliphatic carbocycles. The first-order valence-corrected chi connectivity index (χ1v) is 6.47. The monoisotopic (exact) mass is 295 g/mol. The first-order chi connectivity index (χ1) is 7.61. The lowest BCUT2D eigenvalue weighted by Gasteiger charge is -2.05. The second kappa shape index (κ2) is 4.47. The fraction of sp³-hybridized carbons (Fsp3) is 0.167. The molecule has 0 fully saturated rings. The Morgan fingerprint density at radius 1 is 1.31 bits per heavy atom. The predicted molar refractivity (Wildman–Crippen MR) is 70.1 cm³/mol. The third kappa shape index (κ3) is 2.08. The summed E-state index contributed by atoms with van der Waals surface area (Å²) in [5.41, 5.74) is 3.92. The molecule has 0 aliphatic rings. The molecule has 0 spiro atoms. The number of carbonyl (C=O) groups is 1. The number of benzene rings is 1. The van der Waals surface area contributed by atoms with Crippen molar-refractivity contribution in [2.75, 3.05) is 0 Å². The fourth-order valence-corrected chi connectivity index (χ4v) is 2.52. The maximum absolute atomic E-state index is 10.6. The van der Waals surface area contributed by atoms with E-state index in [1.54, 1.807) is 5.38 Å². The summed E-state index contributed by atoms with van der Waals surface area (Å²) >= 11 is 5.02. The lowest BCUT2D eigenvalue weighted by molar-refractivity contribution is 0.111. The Bertz CT molecular complexity index is 525. The van der Waals surface area contributed by atoms with Gasteiger partial charge in [-0.15, -0.1) is 11.3 Å². The summed E-state index contributed by atoms with van der Waals surface area (Å²) < 4.78 is 1.13. The summed E-state index contributed by atoms with van der Waals surface area (Å²) in [5, 5.41) is 2.66. The van der Waals surface area contributed by atoms with Gasteiger partial charge in [-0.2, -0.15) is 0 Å². The standard InChI is InChI=1S/C12H10BrNOS/c1-7-3-9(4-8(2)11(7)13)12-14-10(5-15)6-16-12/h3-6H,1-2H3. The van der Waals surface area contributed by atoms with Gasteiger partial charge in [-0.3, -0.25) is 4.79 Å². The molecule has 1 aromatic heterocycles. The first kappa shape index (κ1) is 11.5. The topological polar surface area (TPSA) is 30.0 Å². The molecule has 16 heavy (non-hydrogen) atoms. The van der Waals surface area contributed by atoms with Crippen molar-refractivity contribution in [3.05, 3.63) is 38.8 Å². The van der Waals surface area contributed by atoms with Crippen LogP contribution in [0, 0.1) is 13.8 Å². The van der Waals surface area contributed by atoms with Crippen LogP contribution in [0.4, 0.5) is 0 Å². The summed E-state index contributed by atoms with van der Waals surface area (Å²) in [5.74, 6) is 0. The van der Waals surface area contributed by atoms with Crippen molar-refractivity contribution in [2.24, 2.45) is 0 Å². The van der Waals surface area contributed by atoms with Crippen LogP contribution in [0.1, 0.15) is 21.6 Å². The Morgan fingerprint density at radius 2 is 1.94 bits per heavy atom. The Hall–Kier alpha value is -1.00. The number of rotatable bonds is 2. The van der Waals surface area contributed by atoms with Gasteiger partial charge in [0.1, 0.15) is 10.7 Å². The van der Waals surface area contributed by atoms with Crippen LogP contribution in [-0.2, 0) is 0 Å². The first-order valence-electron chi connectivity index (χ1n) is 4.79. The van der Waals surface area contributed by atoms with Crippen molar-refractivity contribution in [3.63, 3.8) is 0 Å². The summed E-state index contributed by atoms with van der Waals surface area (Å²) in [4.78, 5) is 14.8. The third-order valence-electron chi connectivity index (χ3n) is 2.33. The van der Waals surface area contributed by atoms with Crippen LogP contribution in [0.2, 0.25) is 0 Å². The Labute approximate surface area is 106 Å². The van der Waals surface area contributed by atoms with Gasteiger partial charge in [0.2, 0.25) is 0 Å². The van der Waals surface area contributed by atoms with Gasteiger partial charge in [0.05, 0.1) is 0 Å². The van der Waals surface area contributed by atoms with E-state index in [1.807, 2.05) is 0 Å². The number of aldehydes is 1. The second-order valence-corrected chi connectivity index (χ2v) is 5.27. The van der Waals surface area contributed by atoms with Crippen LogP contribution in [0.5, 0.6) is 0 Å². The molecular weight excluding hydrogens is 286 g/mol. The molecule has 0 aliphatic heterocycles. The Morgan fingerprint density at radius 3 is 2.44 bits per heavy atom. The van der Waals surface area contributed by atoms with Gasteiger partial charge >= 0.3 is 0 Å². The number of halogens is 1. The van der Waals surface area contributed by atoms with Gasteiger partial charge in [-0.1, -0.05) is 15.9 Å². The van der Waals surface area contributed by atoms with E-state index in [4.69, 9.17) is 0 Å². The molecule has 4 heteroatoms. The highest BCUT2D eigenvalue weighted by atomic mass is 79.9. The van der Waals surface area contributed by atoms with Gasteiger partial charge in [0.15, 0.2) is 6.29 Å². The highest BCUT2D eigenvalue weighted by molar-refractivity contribution is 9.10. The van der Waals surface area contributed by atoms with Crippen molar-refractivity contribution >= 4 is 33.6 Å². The minimum absolute atomic E-state index is 0.498. The van der Waals surface area contributed by atoms with Crippen LogP contribution in [0.3, 0.4) is 0 Å². The Kier molecular flexibility index (Phi) is 3.21. The molecule has 2 aromatic rings. The maximum atomic E-state index is 10.6. The van der Waals surface area contributed by atoms with Crippen molar-refractivity contribution in [1.82, 2.24) is 4.98 Å². The van der Waals surface area contributed by atoms with Crippen LogP contribution in [0.15, 0.2) is 22.0 Å². The molecular formula is C12H10BrNOS. The summed E-state index contributed by atoms with van der Waals surface area (Å²) in [7, 11) is 0. The highest BCUT2D eigenvalue weighted by Crippen LogP contribution is 2.30. The van der Waals surface area contributed by atoms with Gasteiger partial charge < -0.3 is 0 Å². The number of thiazole rings is 1. The van der Waals surface area contributed by atoms with Crippen molar-refractivity contribution in [2.45, 2.75) is 13.8 Å². The number of hydrogen-bond donors (Lipinski definition) is 0. The van der Waals surface area contributed by atoms with E-state index in [1.165, 1.54) is 22.5 Å². The second-order valence-electron chi connectivity index (χ2n) is 3.62. The molecule has 0 amide bonds. The molecule has 82 valence electrons. The molecule has 0 bridgehead atoms. The molecule has 0 saturated heterocycles. The maximum Gasteiger partial charge on any atom is 0.169 e. The van der Waals surface area contributed by atoms with Gasteiger partial charge in [-0.05, 0) is 37.1 Å². The smallest absolute Gasteiger partial charge is 0.169 e. The molecule has 1 aromatic carbocycles. The minimum atomic E-state index is 0.498. The third-order valence-corrected chi connectivity index (χ3v) is 4.49. The minimum Gasteiger partial charge on any atom is -0.296 e. The molecule has 0 unspecified atom stereocenters. The van der Waals surface area contributed by atoms with E-state index in [2.05, 4.69) is 46.9 Å². The fourth-order valence-electron chi connectivity index (χ4n) is 1.54. The number of hydrogen-bond acceptors (Lipinski definition) is 3. The van der Waals surface area contributed by atoms with Crippen molar-refractivity contribution in [1.29, 1.82) is 0 Å². The van der Waals surface area contributed by atoms with Crippen molar-refractivity contribution < 1.29 is 4.79 Å². The zero-order valence-electron chi connectivity index (χ0n) is 8.95. The van der Waals surface area contributed by atoms with Crippen molar-refractivity contribution in [3.8, 4) is 10.6 Å². The van der Waals surface area contributed by atoms with E-state index in [-0.39, 0.29) is 0 Å². The molecule has 0 saturated carbocycles. The van der Waals surface area contributed by atoms with Gasteiger partial charge in [0.25, 0.3) is 0 Å². The van der Waals surface area contributed by atoms with Crippen LogP contribution >= 0.6 is 27.3 Å². The SMILES string of the molecule is Cc1cc(-c2nc(C=O)cs2)cc(C)c1Br. The lowest BCUT2D eigenvalue weighted by atomic mass is 10.1. The zero-order chi connectivity index (χ0) is 11.7. The Balaban J connectivity index is 2.52. The summed E-state index contributed by atoms with van der Waals surface area (Å²) in [6.07, 6.45) is 0.776. The van der Waals surface area contributed by atoms with E-state index in [9.17, 15) is 4.79 Å². The van der Waals surface area contributed by atoms with Gasteiger partial charge in [-0.25, -0.2) is 4.98 Å². The van der Waals surface area contributed by atoms with Gasteiger partial charge in [0, 0.05) is 15.4 Å². The van der Waals surface area contributed by atoms with E-state index < -0.39 is 0 Å². The molecule has 0 radical (unpaired) electrons. The average molecular weight is 296 g/mol. The molecule has 2 rings (SSSR count). The van der Waals surface area contributed by atoms with E-state index >= 15 is 0 Å². The van der Waals surface area contributed by atoms with Crippen LogP contribution in [-0.4, -0.2) is 11.3 Å². The number of nitrogens with zero attached hydrogens (tertiary/aromatic N) is 1. The van der Waals surface area contributed by atoms with E-state index in [0.717, 1.165) is 21.3 Å². The number of aromatic nitrogens is 1. The molecule has 0 atom stereocenters. The molecule has 2 nitrogen and oxygen atoms in total. The number of carbonyl (C=O) groups excluding carboxylic acids is 1. The largest absolute Gasteiger partial charge is 0.296 e. The summed E-state index contributed by atoms with van der Waals surface area (Å²) in [6, 6.07) is 4.15. The quantitative estimate of drug-likeness (QED) is 0.784. The normalized spacial score (nSPS) is 10.4. The predicted octanol–water partition coefficient (Wildman–Crippen LogP) is 4.00. The molecule has 1 heterocycles. The number of aryl methyl sites for hydroxylation is 2. The average Bonchev–Trinajstić information content (AvgIpc) is 2.73. The van der Waals surface area contributed by atoms with Crippen LogP contribution < -0.4 is 0 Å². The molecule has 0 N–H and O–H groups in total. The summed E-state index contributed by atoms with van der Waals surface area (Å²) in [6.45, 7) is 4.10. The highest BCUT2D eigenvalue weighted by Gasteiger charge is 2.07. The lowest BCUT2D eigenvalue weighted by Crippen LogP contribution is -1.86. The van der Waals surface area contributed by atoms with E-state index in [0.29, 0.717) is 5.69 Å².